The SMILES string of the molecule is CCCCC(CC)C(=O)N1CCC2(CC1)C(=O)N(CC(=O)Nc1cccc(Cl)c1)CN2c1ccccc1. The van der Waals surface area contributed by atoms with Gasteiger partial charge in [0.2, 0.25) is 11.8 Å². The summed E-state index contributed by atoms with van der Waals surface area (Å²) in [7, 11) is 0. The Morgan fingerprint density at radius 2 is 1.78 bits per heavy atom. The van der Waals surface area contributed by atoms with Crippen molar-refractivity contribution in [3.05, 3.63) is 59.6 Å². The smallest absolute Gasteiger partial charge is 0.250 e. The average Bonchev–Trinajstić information content (AvgIpc) is 3.16. The molecular formula is C29H37ClN4O3. The van der Waals surface area contributed by atoms with Crippen LogP contribution in [0.1, 0.15) is 52.4 Å². The highest BCUT2D eigenvalue weighted by molar-refractivity contribution is 6.30. The van der Waals surface area contributed by atoms with Gasteiger partial charge >= 0.3 is 0 Å². The Bertz CT molecular complexity index is 1100. The van der Waals surface area contributed by atoms with Crippen LogP contribution in [0.5, 0.6) is 0 Å². The van der Waals surface area contributed by atoms with E-state index in [1.54, 1.807) is 29.2 Å². The molecule has 2 saturated heterocycles. The lowest BCUT2D eigenvalue weighted by atomic mass is 9.84. The summed E-state index contributed by atoms with van der Waals surface area (Å²) in [6.45, 7) is 5.58. The van der Waals surface area contributed by atoms with Gasteiger partial charge in [-0.05, 0) is 56.0 Å². The van der Waals surface area contributed by atoms with Gasteiger partial charge in [-0.3, -0.25) is 14.4 Å². The van der Waals surface area contributed by atoms with Gasteiger partial charge in [-0.1, -0.05) is 62.6 Å². The maximum atomic E-state index is 13.9. The number of piperidine rings is 1. The Balaban J connectivity index is 1.49. The molecule has 7 nitrogen and oxygen atoms in total. The summed E-state index contributed by atoms with van der Waals surface area (Å²) in [5.41, 5.74) is 0.779. The molecule has 1 atom stereocenters. The molecule has 0 bridgehead atoms. The number of anilines is 2. The molecule has 2 aliphatic rings. The maximum absolute atomic E-state index is 13.9. The first kappa shape index (κ1) is 27.0. The molecule has 1 unspecified atom stereocenters. The number of nitrogens with zero attached hydrogens (tertiary/aromatic N) is 3. The predicted octanol–water partition coefficient (Wildman–Crippen LogP) is 5.16. The van der Waals surface area contributed by atoms with Gasteiger partial charge < -0.3 is 20.0 Å². The number of likely N-dealkylation sites (tertiary alicyclic amines) is 1. The largest absolute Gasteiger partial charge is 0.342 e. The first-order chi connectivity index (χ1) is 17.9. The molecule has 1 spiro atoms. The molecule has 0 saturated carbocycles. The van der Waals surface area contributed by atoms with Gasteiger partial charge in [0, 0.05) is 35.4 Å². The Labute approximate surface area is 224 Å². The van der Waals surface area contributed by atoms with Gasteiger partial charge in [-0.15, -0.1) is 0 Å². The van der Waals surface area contributed by atoms with Crippen molar-refractivity contribution in [2.75, 3.05) is 36.5 Å². The lowest BCUT2D eigenvalue weighted by molar-refractivity contribution is -0.141. The third-order valence-corrected chi connectivity index (χ3v) is 7.91. The molecule has 1 N–H and O–H groups in total. The minimum Gasteiger partial charge on any atom is -0.342 e. The second kappa shape index (κ2) is 12.0. The molecular weight excluding hydrogens is 488 g/mol. The van der Waals surface area contributed by atoms with Crippen molar-refractivity contribution in [3.63, 3.8) is 0 Å². The molecule has 2 fully saturated rings. The van der Waals surface area contributed by atoms with Crippen molar-refractivity contribution in [2.45, 2.75) is 57.9 Å². The van der Waals surface area contributed by atoms with Crippen LogP contribution in [0, 0.1) is 5.92 Å². The van der Waals surface area contributed by atoms with Crippen molar-refractivity contribution in [3.8, 4) is 0 Å². The van der Waals surface area contributed by atoms with Crippen molar-refractivity contribution < 1.29 is 14.4 Å². The first-order valence-electron chi connectivity index (χ1n) is 13.3. The third kappa shape index (κ3) is 5.93. The van der Waals surface area contributed by atoms with Gasteiger partial charge in [-0.25, -0.2) is 0 Å². The van der Waals surface area contributed by atoms with Crippen LogP contribution in [0.3, 0.4) is 0 Å². The summed E-state index contributed by atoms with van der Waals surface area (Å²) < 4.78 is 0. The van der Waals surface area contributed by atoms with E-state index in [9.17, 15) is 14.4 Å². The molecule has 0 aliphatic carbocycles. The van der Waals surface area contributed by atoms with Crippen molar-refractivity contribution in [1.29, 1.82) is 0 Å². The molecule has 2 aromatic carbocycles. The Kier molecular flexibility index (Phi) is 8.75. The van der Waals surface area contributed by atoms with Crippen molar-refractivity contribution in [1.82, 2.24) is 9.80 Å². The van der Waals surface area contributed by atoms with Crippen LogP contribution >= 0.6 is 11.6 Å². The number of carbonyl (C=O) groups excluding carboxylic acids is 3. The summed E-state index contributed by atoms with van der Waals surface area (Å²) in [4.78, 5) is 45.7. The van der Waals surface area contributed by atoms with Crippen molar-refractivity contribution in [2.24, 2.45) is 5.92 Å². The summed E-state index contributed by atoms with van der Waals surface area (Å²) in [6.07, 6.45) is 4.97. The van der Waals surface area contributed by atoms with E-state index in [4.69, 9.17) is 11.6 Å². The molecule has 2 aromatic rings. The first-order valence-corrected chi connectivity index (χ1v) is 13.7. The molecule has 0 radical (unpaired) electrons. The van der Waals surface area contributed by atoms with Gasteiger partial charge in [0.1, 0.15) is 12.1 Å². The standard InChI is InChI=1S/C29H37ClN4O3/c1-3-5-10-22(4-2)27(36)32-17-15-29(16-18-32)28(37)33(21-34(29)25-13-7-6-8-14-25)20-26(35)31-24-12-9-11-23(30)19-24/h6-9,11-14,19,22H,3-5,10,15-18,20-21H2,1-2H3,(H,31,35). The predicted molar refractivity (Wildman–Crippen MR) is 147 cm³/mol. The van der Waals surface area contributed by atoms with Crippen LogP contribution in [-0.4, -0.2) is 59.4 Å². The second-order valence-corrected chi connectivity index (χ2v) is 10.5. The zero-order chi connectivity index (χ0) is 26.4. The molecule has 37 heavy (non-hydrogen) atoms. The average molecular weight is 525 g/mol. The number of amides is 3. The van der Waals surface area contributed by atoms with E-state index in [2.05, 4.69) is 24.1 Å². The lowest BCUT2D eigenvalue weighted by Gasteiger charge is -2.44. The van der Waals surface area contributed by atoms with E-state index < -0.39 is 5.54 Å². The maximum Gasteiger partial charge on any atom is 0.250 e. The molecule has 4 rings (SSSR count). The van der Waals surface area contributed by atoms with Crippen LogP contribution in [0.15, 0.2) is 54.6 Å². The van der Waals surface area contributed by atoms with Gasteiger partial charge in [0.25, 0.3) is 5.91 Å². The lowest BCUT2D eigenvalue weighted by Crippen LogP contribution is -2.58. The van der Waals surface area contributed by atoms with Crippen LogP contribution in [0.4, 0.5) is 11.4 Å². The highest BCUT2D eigenvalue weighted by Crippen LogP contribution is 2.40. The number of unbranched alkanes of at least 4 members (excludes halogenated alkanes) is 1. The molecule has 2 heterocycles. The second-order valence-electron chi connectivity index (χ2n) is 10.1. The van der Waals surface area contributed by atoms with Crippen LogP contribution < -0.4 is 10.2 Å². The fraction of sp³-hybridized carbons (Fsp3) is 0.483. The van der Waals surface area contributed by atoms with Crippen LogP contribution in [0.25, 0.3) is 0 Å². The molecule has 198 valence electrons. The Morgan fingerprint density at radius 1 is 1.05 bits per heavy atom. The summed E-state index contributed by atoms with van der Waals surface area (Å²) >= 11 is 6.04. The zero-order valence-electron chi connectivity index (χ0n) is 21.8. The van der Waals surface area contributed by atoms with E-state index in [0.717, 1.165) is 31.4 Å². The fourth-order valence-electron chi connectivity index (χ4n) is 5.57. The number of nitrogens with one attached hydrogen (secondary N) is 1. The molecule has 0 aromatic heterocycles. The topological polar surface area (TPSA) is 73.0 Å². The fourth-order valence-corrected chi connectivity index (χ4v) is 5.76. The van der Waals surface area contributed by atoms with Gasteiger partial charge in [0.15, 0.2) is 0 Å². The number of para-hydroxylation sites is 1. The van der Waals surface area contributed by atoms with E-state index in [1.165, 1.54) is 0 Å². The summed E-state index contributed by atoms with van der Waals surface area (Å²) in [5.74, 6) is -0.0665. The highest BCUT2D eigenvalue weighted by Gasteiger charge is 2.54. The van der Waals surface area contributed by atoms with Gasteiger partial charge in [0.05, 0.1) is 6.67 Å². The summed E-state index contributed by atoms with van der Waals surface area (Å²) in [6, 6.07) is 16.8. The third-order valence-electron chi connectivity index (χ3n) is 7.68. The number of benzene rings is 2. The number of rotatable bonds is 9. The normalized spacial score (nSPS) is 17.8. The van der Waals surface area contributed by atoms with Crippen LogP contribution in [0.2, 0.25) is 5.02 Å². The molecule has 2 aliphatic heterocycles. The minimum absolute atomic E-state index is 0.0465. The quantitative estimate of drug-likeness (QED) is 0.491. The van der Waals surface area contributed by atoms with E-state index in [-0.39, 0.29) is 30.2 Å². The summed E-state index contributed by atoms with van der Waals surface area (Å²) in [5, 5.41) is 3.38. The Morgan fingerprint density at radius 3 is 2.43 bits per heavy atom. The zero-order valence-corrected chi connectivity index (χ0v) is 22.5. The molecule has 3 amide bonds. The van der Waals surface area contributed by atoms with E-state index in [0.29, 0.717) is 43.3 Å². The monoisotopic (exact) mass is 524 g/mol. The van der Waals surface area contributed by atoms with E-state index in [1.807, 2.05) is 35.2 Å². The Hall–Kier alpha value is -3.06. The number of hydrogen-bond acceptors (Lipinski definition) is 4. The van der Waals surface area contributed by atoms with E-state index >= 15 is 0 Å². The number of carbonyl (C=O) groups is 3. The number of halogens is 1. The highest BCUT2D eigenvalue weighted by atomic mass is 35.5. The van der Waals surface area contributed by atoms with Crippen molar-refractivity contribution >= 4 is 40.7 Å². The minimum atomic E-state index is -0.764. The van der Waals surface area contributed by atoms with Gasteiger partial charge in [-0.2, -0.15) is 0 Å². The molecule has 8 heteroatoms. The number of hydrogen-bond donors (Lipinski definition) is 1. The van der Waals surface area contributed by atoms with Crippen LogP contribution in [-0.2, 0) is 14.4 Å².